The van der Waals surface area contributed by atoms with Gasteiger partial charge < -0.3 is 10.4 Å². The summed E-state index contributed by atoms with van der Waals surface area (Å²) in [6.07, 6.45) is 4.51. The molecule has 0 bridgehead atoms. The molecule has 1 aliphatic heterocycles. The maximum Gasteiger partial charge on any atom is 0.219 e. The molecule has 2 N–H and O–H groups in total. The first-order valence-corrected chi connectivity index (χ1v) is 10.4. The summed E-state index contributed by atoms with van der Waals surface area (Å²) in [6.45, 7) is 5.12. The Morgan fingerprint density at radius 3 is 2.79 bits per heavy atom. The number of benzene rings is 1. The predicted molar refractivity (Wildman–Crippen MR) is 112 cm³/mol. The van der Waals surface area contributed by atoms with Crippen LogP contribution in [0.1, 0.15) is 34.8 Å². The van der Waals surface area contributed by atoms with Gasteiger partial charge in [-0.25, -0.2) is 4.98 Å². The monoisotopic (exact) mass is 389 g/mol. The summed E-state index contributed by atoms with van der Waals surface area (Å²) in [5.74, 6) is 0.904. The summed E-state index contributed by atoms with van der Waals surface area (Å²) in [6, 6.07) is 15.3. The molecule has 0 amide bonds. The third-order valence-electron chi connectivity index (χ3n) is 6.28. The molecule has 1 aliphatic carbocycles. The van der Waals surface area contributed by atoms with Gasteiger partial charge in [-0.05, 0) is 43.9 Å². The Bertz CT molecular complexity index is 983. The SMILES string of the molecule is Cc1ccc(C2CNCCN2C2CCc3nn(-c4ccccn4)c(O)c3C2)cc1. The zero-order valence-electron chi connectivity index (χ0n) is 16.8. The Labute approximate surface area is 171 Å². The topological polar surface area (TPSA) is 66.2 Å². The zero-order chi connectivity index (χ0) is 19.8. The van der Waals surface area contributed by atoms with Gasteiger partial charge in [0.2, 0.25) is 5.88 Å². The van der Waals surface area contributed by atoms with Crippen LogP contribution in [0.2, 0.25) is 0 Å². The van der Waals surface area contributed by atoms with Crippen molar-refractivity contribution >= 4 is 0 Å². The minimum absolute atomic E-state index is 0.241. The van der Waals surface area contributed by atoms with E-state index in [2.05, 4.69) is 51.5 Å². The summed E-state index contributed by atoms with van der Waals surface area (Å²) in [4.78, 5) is 6.97. The molecule has 3 heterocycles. The Kier molecular flexibility index (Phi) is 4.81. The molecule has 0 radical (unpaired) electrons. The normalized spacial score (nSPS) is 22.4. The molecule has 3 aromatic rings. The zero-order valence-corrected chi connectivity index (χ0v) is 16.8. The van der Waals surface area contributed by atoms with Crippen molar-refractivity contribution in [2.75, 3.05) is 19.6 Å². The van der Waals surface area contributed by atoms with Gasteiger partial charge >= 0.3 is 0 Å². The molecule has 0 saturated carbocycles. The average Bonchev–Trinajstić information content (AvgIpc) is 3.11. The molecule has 2 unspecified atom stereocenters. The largest absolute Gasteiger partial charge is 0.493 e. The van der Waals surface area contributed by atoms with Gasteiger partial charge in [-0.1, -0.05) is 35.9 Å². The van der Waals surface area contributed by atoms with Crippen molar-refractivity contribution in [1.82, 2.24) is 25.0 Å². The predicted octanol–water partition coefficient (Wildman–Crippen LogP) is 2.79. The van der Waals surface area contributed by atoms with Crippen LogP contribution in [0.25, 0.3) is 5.82 Å². The fourth-order valence-electron chi connectivity index (χ4n) is 4.71. The molecule has 1 fully saturated rings. The molecule has 6 nitrogen and oxygen atoms in total. The molecule has 2 aliphatic rings. The molecule has 2 atom stereocenters. The summed E-state index contributed by atoms with van der Waals surface area (Å²) in [5, 5.41) is 19.1. The van der Waals surface area contributed by atoms with E-state index in [1.165, 1.54) is 11.1 Å². The first-order chi connectivity index (χ1) is 14.2. The highest BCUT2D eigenvalue weighted by molar-refractivity contribution is 5.39. The molecular weight excluding hydrogens is 362 g/mol. The van der Waals surface area contributed by atoms with Gasteiger partial charge in [-0.2, -0.15) is 9.78 Å². The van der Waals surface area contributed by atoms with E-state index in [9.17, 15) is 5.11 Å². The Hall–Kier alpha value is -2.70. The Morgan fingerprint density at radius 1 is 1.14 bits per heavy atom. The van der Waals surface area contributed by atoms with Gasteiger partial charge in [0.1, 0.15) is 0 Å². The highest BCUT2D eigenvalue weighted by Crippen LogP contribution is 2.35. The van der Waals surface area contributed by atoms with Crippen LogP contribution in [0.4, 0.5) is 0 Å². The number of hydrogen-bond acceptors (Lipinski definition) is 5. The van der Waals surface area contributed by atoms with Crippen molar-refractivity contribution in [2.24, 2.45) is 0 Å². The fraction of sp³-hybridized carbons (Fsp3) is 0.391. The third kappa shape index (κ3) is 3.43. The lowest BCUT2D eigenvalue weighted by molar-refractivity contribution is 0.0957. The van der Waals surface area contributed by atoms with E-state index in [1.54, 1.807) is 10.9 Å². The Morgan fingerprint density at radius 2 is 2.00 bits per heavy atom. The minimum Gasteiger partial charge on any atom is -0.493 e. The van der Waals surface area contributed by atoms with Crippen LogP contribution in [0.5, 0.6) is 5.88 Å². The fourth-order valence-corrected chi connectivity index (χ4v) is 4.71. The van der Waals surface area contributed by atoms with Crippen molar-refractivity contribution < 1.29 is 5.11 Å². The number of nitrogens with zero attached hydrogens (tertiary/aromatic N) is 4. The first kappa shape index (κ1) is 18.3. The quantitative estimate of drug-likeness (QED) is 0.721. The second kappa shape index (κ2) is 7.61. The van der Waals surface area contributed by atoms with E-state index in [-0.39, 0.29) is 5.88 Å². The van der Waals surface area contributed by atoms with Gasteiger partial charge in [0.05, 0.1) is 5.69 Å². The molecule has 0 spiro atoms. The van der Waals surface area contributed by atoms with Gasteiger partial charge in [-0.15, -0.1) is 0 Å². The number of nitrogens with one attached hydrogen (secondary N) is 1. The third-order valence-corrected chi connectivity index (χ3v) is 6.28. The lowest BCUT2D eigenvalue weighted by atomic mass is 9.89. The molecule has 6 heteroatoms. The van der Waals surface area contributed by atoms with Crippen LogP contribution in [-0.2, 0) is 12.8 Å². The number of aryl methyl sites for hydroxylation is 2. The second-order valence-corrected chi connectivity index (χ2v) is 8.11. The summed E-state index contributed by atoms with van der Waals surface area (Å²) in [7, 11) is 0. The highest BCUT2D eigenvalue weighted by atomic mass is 16.3. The van der Waals surface area contributed by atoms with Crippen LogP contribution in [-0.4, -0.2) is 50.4 Å². The lowest BCUT2D eigenvalue weighted by Crippen LogP contribution is -2.51. The van der Waals surface area contributed by atoms with Crippen LogP contribution in [0, 0.1) is 6.92 Å². The van der Waals surface area contributed by atoms with Crippen molar-refractivity contribution in [2.45, 2.75) is 38.3 Å². The summed E-state index contributed by atoms with van der Waals surface area (Å²) in [5.41, 5.74) is 4.64. The number of fused-ring (bicyclic) bond motifs is 1. The van der Waals surface area contributed by atoms with Crippen molar-refractivity contribution in [3.63, 3.8) is 0 Å². The van der Waals surface area contributed by atoms with Gasteiger partial charge in [0.25, 0.3) is 0 Å². The van der Waals surface area contributed by atoms with Gasteiger partial charge in [0, 0.05) is 43.5 Å². The van der Waals surface area contributed by atoms with Crippen molar-refractivity contribution in [3.8, 4) is 11.7 Å². The molecule has 150 valence electrons. The number of rotatable bonds is 3. The van der Waals surface area contributed by atoms with Gasteiger partial charge in [0.15, 0.2) is 5.82 Å². The van der Waals surface area contributed by atoms with Crippen LogP contribution < -0.4 is 5.32 Å². The molecule has 5 rings (SSSR count). The van der Waals surface area contributed by atoms with E-state index in [4.69, 9.17) is 0 Å². The lowest BCUT2D eigenvalue weighted by Gasteiger charge is -2.43. The minimum atomic E-state index is 0.241. The van der Waals surface area contributed by atoms with E-state index in [1.807, 2.05) is 18.2 Å². The van der Waals surface area contributed by atoms with Crippen LogP contribution in [0.3, 0.4) is 0 Å². The summed E-state index contributed by atoms with van der Waals surface area (Å²) < 4.78 is 1.59. The average molecular weight is 390 g/mol. The van der Waals surface area contributed by atoms with E-state index in [0.29, 0.717) is 17.9 Å². The number of pyridine rings is 1. The van der Waals surface area contributed by atoms with E-state index < -0.39 is 0 Å². The number of hydrogen-bond donors (Lipinski definition) is 2. The van der Waals surface area contributed by atoms with Crippen molar-refractivity contribution in [1.29, 1.82) is 0 Å². The van der Waals surface area contributed by atoms with Crippen LogP contribution >= 0.6 is 0 Å². The molecule has 2 aromatic heterocycles. The number of aromatic nitrogens is 3. The maximum atomic E-state index is 10.9. The molecule has 1 saturated heterocycles. The smallest absolute Gasteiger partial charge is 0.219 e. The summed E-state index contributed by atoms with van der Waals surface area (Å²) >= 11 is 0. The van der Waals surface area contributed by atoms with Crippen LogP contribution in [0.15, 0.2) is 48.7 Å². The van der Waals surface area contributed by atoms with E-state index in [0.717, 1.165) is 50.2 Å². The standard InChI is InChI=1S/C23H27N5O/c1-16-5-7-17(8-6-16)21-15-24-12-13-27(21)18-9-10-20-19(14-18)23(29)28(26-20)22-4-2-3-11-25-22/h2-8,11,18,21,24,29H,9-10,12-15H2,1H3. The molecule has 29 heavy (non-hydrogen) atoms. The molecule has 1 aromatic carbocycles. The van der Waals surface area contributed by atoms with Crippen molar-refractivity contribution in [3.05, 3.63) is 71.0 Å². The maximum absolute atomic E-state index is 10.9. The van der Waals surface area contributed by atoms with Gasteiger partial charge in [-0.3, -0.25) is 4.90 Å². The first-order valence-electron chi connectivity index (χ1n) is 10.4. The Balaban J connectivity index is 1.42. The molecular formula is C23H27N5O. The number of piperazine rings is 1. The van der Waals surface area contributed by atoms with E-state index >= 15 is 0 Å². The highest BCUT2D eigenvalue weighted by Gasteiger charge is 2.34. The number of aromatic hydroxyl groups is 1. The second-order valence-electron chi connectivity index (χ2n) is 8.11.